The Morgan fingerprint density at radius 3 is 2.55 bits per heavy atom. The first-order valence-corrected chi connectivity index (χ1v) is 6.27. The Morgan fingerprint density at radius 1 is 1.20 bits per heavy atom. The summed E-state index contributed by atoms with van der Waals surface area (Å²) in [6.45, 7) is 2.34. The van der Waals surface area contributed by atoms with Crippen molar-refractivity contribution in [1.82, 2.24) is 5.32 Å². The molecule has 0 saturated carbocycles. The molecule has 0 saturated heterocycles. The molecule has 2 rings (SSSR count). The Hall–Kier alpha value is -2.36. The zero-order valence-electron chi connectivity index (χ0n) is 11.4. The fraction of sp³-hybridized carbons (Fsp3) is 0.188. The van der Waals surface area contributed by atoms with Gasteiger partial charge in [-0.05, 0) is 37.3 Å². The van der Waals surface area contributed by atoms with Crippen molar-refractivity contribution < 1.29 is 13.9 Å². The first-order valence-electron chi connectivity index (χ1n) is 6.27. The van der Waals surface area contributed by atoms with E-state index in [1.807, 2.05) is 25.1 Å². The lowest BCUT2D eigenvalue weighted by molar-refractivity contribution is 0.0950. The van der Waals surface area contributed by atoms with E-state index in [-0.39, 0.29) is 11.7 Å². The maximum absolute atomic E-state index is 12.8. The molecule has 0 aromatic heterocycles. The molecule has 2 aromatic carbocycles. The van der Waals surface area contributed by atoms with E-state index < -0.39 is 0 Å². The molecule has 0 aliphatic carbocycles. The third kappa shape index (κ3) is 3.35. The summed E-state index contributed by atoms with van der Waals surface area (Å²) in [7, 11) is 1.59. The highest BCUT2D eigenvalue weighted by Gasteiger charge is 2.08. The van der Waals surface area contributed by atoms with E-state index in [2.05, 4.69) is 5.32 Å². The number of aryl methyl sites for hydroxylation is 1. The molecular formula is C16H16FNO2. The first-order chi connectivity index (χ1) is 9.60. The zero-order chi connectivity index (χ0) is 14.5. The molecule has 0 atom stereocenters. The van der Waals surface area contributed by atoms with Gasteiger partial charge in [0.2, 0.25) is 0 Å². The predicted molar refractivity (Wildman–Crippen MR) is 75.3 cm³/mol. The van der Waals surface area contributed by atoms with Crippen LogP contribution in [0.5, 0.6) is 5.75 Å². The average molecular weight is 273 g/mol. The van der Waals surface area contributed by atoms with Crippen molar-refractivity contribution in [1.29, 1.82) is 0 Å². The van der Waals surface area contributed by atoms with Crippen molar-refractivity contribution in [3.05, 3.63) is 65.0 Å². The summed E-state index contributed by atoms with van der Waals surface area (Å²) in [5, 5.41) is 2.80. The lowest BCUT2D eigenvalue weighted by Gasteiger charge is -2.10. The summed E-state index contributed by atoms with van der Waals surface area (Å²) < 4.78 is 18.0. The van der Waals surface area contributed by atoms with Gasteiger partial charge in [0.15, 0.2) is 0 Å². The third-order valence-corrected chi connectivity index (χ3v) is 2.98. The maximum atomic E-state index is 12.8. The van der Waals surface area contributed by atoms with Crippen LogP contribution >= 0.6 is 0 Å². The SMILES string of the molecule is COc1ccc(C)cc1CNC(=O)c1ccc(F)cc1. The number of carbonyl (C=O) groups excluding carboxylic acids is 1. The highest BCUT2D eigenvalue weighted by atomic mass is 19.1. The Balaban J connectivity index is 2.06. The number of hydrogen-bond donors (Lipinski definition) is 1. The van der Waals surface area contributed by atoms with Gasteiger partial charge in [-0.1, -0.05) is 17.7 Å². The predicted octanol–water partition coefficient (Wildman–Crippen LogP) is 3.07. The fourth-order valence-corrected chi connectivity index (χ4v) is 1.92. The Bertz CT molecular complexity index is 608. The zero-order valence-corrected chi connectivity index (χ0v) is 11.4. The van der Waals surface area contributed by atoms with E-state index in [4.69, 9.17) is 4.74 Å². The van der Waals surface area contributed by atoms with Gasteiger partial charge in [0.05, 0.1) is 7.11 Å². The van der Waals surface area contributed by atoms with Gasteiger partial charge in [-0.2, -0.15) is 0 Å². The van der Waals surface area contributed by atoms with E-state index in [9.17, 15) is 9.18 Å². The van der Waals surface area contributed by atoms with Gasteiger partial charge in [0.1, 0.15) is 11.6 Å². The molecule has 1 amide bonds. The van der Waals surface area contributed by atoms with Crippen molar-refractivity contribution in [2.75, 3.05) is 7.11 Å². The number of halogens is 1. The molecule has 0 unspecified atom stereocenters. The van der Waals surface area contributed by atoms with Crippen LogP contribution in [0.15, 0.2) is 42.5 Å². The van der Waals surface area contributed by atoms with E-state index in [0.717, 1.165) is 16.9 Å². The molecule has 4 heteroatoms. The van der Waals surface area contributed by atoms with Crippen molar-refractivity contribution in [3.63, 3.8) is 0 Å². The molecule has 0 fully saturated rings. The molecule has 0 aliphatic heterocycles. The molecular weight excluding hydrogens is 257 g/mol. The van der Waals surface area contributed by atoms with Crippen LogP contribution in [-0.2, 0) is 6.54 Å². The number of carbonyl (C=O) groups is 1. The summed E-state index contributed by atoms with van der Waals surface area (Å²) >= 11 is 0. The van der Waals surface area contributed by atoms with E-state index in [1.54, 1.807) is 7.11 Å². The minimum Gasteiger partial charge on any atom is -0.496 e. The van der Waals surface area contributed by atoms with E-state index >= 15 is 0 Å². The number of nitrogens with one attached hydrogen (secondary N) is 1. The number of methoxy groups -OCH3 is 1. The van der Waals surface area contributed by atoms with Crippen LogP contribution in [0.25, 0.3) is 0 Å². The Labute approximate surface area is 117 Å². The van der Waals surface area contributed by atoms with E-state index in [1.165, 1.54) is 24.3 Å². The largest absolute Gasteiger partial charge is 0.496 e. The number of rotatable bonds is 4. The standard InChI is InChI=1S/C16H16FNO2/c1-11-3-8-15(20-2)13(9-11)10-18-16(19)12-4-6-14(17)7-5-12/h3-9H,10H2,1-2H3,(H,18,19). The highest BCUT2D eigenvalue weighted by Crippen LogP contribution is 2.19. The minimum atomic E-state index is -0.359. The number of amides is 1. The molecule has 0 spiro atoms. The van der Waals surface area contributed by atoms with Gasteiger partial charge >= 0.3 is 0 Å². The monoisotopic (exact) mass is 273 g/mol. The van der Waals surface area contributed by atoms with Gasteiger partial charge < -0.3 is 10.1 Å². The maximum Gasteiger partial charge on any atom is 0.251 e. The van der Waals surface area contributed by atoms with Crippen LogP contribution in [0.2, 0.25) is 0 Å². The highest BCUT2D eigenvalue weighted by molar-refractivity contribution is 5.94. The molecule has 0 radical (unpaired) electrons. The lowest BCUT2D eigenvalue weighted by atomic mass is 10.1. The second-order valence-corrected chi connectivity index (χ2v) is 4.50. The summed E-state index contributed by atoms with van der Waals surface area (Å²) in [4.78, 5) is 11.9. The molecule has 0 heterocycles. The van der Waals surface area contributed by atoms with Gasteiger partial charge in [-0.15, -0.1) is 0 Å². The Kier molecular flexibility index (Phi) is 4.35. The van der Waals surface area contributed by atoms with Crippen LogP contribution in [0, 0.1) is 12.7 Å². The van der Waals surface area contributed by atoms with Crippen molar-refractivity contribution in [3.8, 4) is 5.75 Å². The quantitative estimate of drug-likeness (QED) is 0.929. The summed E-state index contributed by atoms with van der Waals surface area (Å²) in [6, 6.07) is 11.2. The third-order valence-electron chi connectivity index (χ3n) is 2.98. The Morgan fingerprint density at radius 2 is 1.90 bits per heavy atom. The number of hydrogen-bond acceptors (Lipinski definition) is 2. The second-order valence-electron chi connectivity index (χ2n) is 4.50. The molecule has 3 nitrogen and oxygen atoms in total. The minimum absolute atomic E-state index is 0.242. The van der Waals surface area contributed by atoms with Crippen molar-refractivity contribution in [2.45, 2.75) is 13.5 Å². The van der Waals surface area contributed by atoms with Gasteiger partial charge in [-0.3, -0.25) is 4.79 Å². The van der Waals surface area contributed by atoms with Gasteiger partial charge in [0, 0.05) is 17.7 Å². The van der Waals surface area contributed by atoms with Gasteiger partial charge in [0.25, 0.3) is 5.91 Å². The molecule has 0 aliphatic rings. The summed E-state index contributed by atoms with van der Waals surface area (Å²) in [6.07, 6.45) is 0. The summed E-state index contributed by atoms with van der Waals surface area (Å²) in [5.41, 5.74) is 2.43. The smallest absolute Gasteiger partial charge is 0.251 e. The summed E-state index contributed by atoms with van der Waals surface area (Å²) in [5.74, 6) is 0.130. The normalized spacial score (nSPS) is 10.2. The second kappa shape index (κ2) is 6.19. The first kappa shape index (κ1) is 14.1. The molecule has 2 aromatic rings. The number of ether oxygens (including phenoxy) is 1. The van der Waals surface area contributed by atoms with E-state index in [0.29, 0.717) is 12.1 Å². The van der Waals surface area contributed by atoms with Crippen LogP contribution in [0.1, 0.15) is 21.5 Å². The topological polar surface area (TPSA) is 38.3 Å². The molecule has 0 bridgehead atoms. The van der Waals surface area contributed by atoms with Crippen LogP contribution in [0.4, 0.5) is 4.39 Å². The lowest BCUT2D eigenvalue weighted by Crippen LogP contribution is -2.23. The van der Waals surface area contributed by atoms with Crippen LogP contribution in [0.3, 0.4) is 0 Å². The molecule has 20 heavy (non-hydrogen) atoms. The number of benzene rings is 2. The van der Waals surface area contributed by atoms with Crippen LogP contribution in [-0.4, -0.2) is 13.0 Å². The molecule has 1 N–H and O–H groups in total. The van der Waals surface area contributed by atoms with Crippen molar-refractivity contribution in [2.24, 2.45) is 0 Å². The van der Waals surface area contributed by atoms with Crippen molar-refractivity contribution >= 4 is 5.91 Å². The average Bonchev–Trinajstić information content (AvgIpc) is 2.45. The van der Waals surface area contributed by atoms with Gasteiger partial charge in [-0.25, -0.2) is 4.39 Å². The van der Waals surface area contributed by atoms with Crippen LogP contribution < -0.4 is 10.1 Å². The fourth-order valence-electron chi connectivity index (χ4n) is 1.92. The molecule has 104 valence electrons.